The molecule has 0 saturated carbocycles. The van der Waals surface area contributed by atoms with E-state index in [1.54, 1.807) is 18.2 Å². The van der Waals surface area contributed by atoms with Crippen molar-refractivity contribution in [3.05, 3.63) is 41.1 Å². The quantitative estimate of drug-likeness (QED) is 0.614. The number of fused-ring (bicyclic) bond motifs is 1. The highest BCUT2D eigenvalue weighted by Gasteiger charge is 2.09. The minimum atomic E-state index is -0.990. The Balaban J connectivity index is 2.71. The normalized spacial score (nSPS) is 12.4. The number of hydrogen-bond acceptors (Lipinski definition) is 4. The molecule has 88 valence electrons. The molecular formula is C12H11NO4. The van der Waals surface area contributed by atoms with Crippen LogP contribution in [0.5, 0.6) is 5.75 Å². The van der Waals surface area contributed by atoms with Gasteiger partial charge < -0.3 is 9.94 Å². The van der Waals surface area contributed by atoms with Crippen LogP contribution in [0.15, 0.2) is 30.3 Å². The van der Waals surface area contributed by atoms with Gasteiger partial charge in [-0.2, -0.15) is 5.23 Å². The third kappa shape index (κ3) is 1.99. The number of benzene rings is 2. The minimum absolute atomic E-state index is 0.194. The summed E-state index contributed by atoms with van der Waals surface area (Å²) in [5, 5.41) is 20.1. The van der Waals surface area contributed by atoms with Gasteiger partial charge in [0, 0.05) is 12.1 Å². The molecule has 1 atom stereocenters. The third-order valence-corrected chi connectivity index (χ3v) is 2.61. The SMILES string of the molecule is COc1ccc2cc([NH+]([O-])O)ccc2c1C=O. The third-order valence-electron chi connectivity index (χ3n) is 2.61. The van der Waals surface area contributed by atoms with Crippen molar-refractivity contribution in [2.45, 2.75) is 0 Å². The van der Waals surface area contributed by atoms with E-state index in [0.717, 1.165) is 0 Å². The van der Waals surface area contributed by atoms with Gasteiger partial charge in [-0.3, -0.25) is 4.79 Å². The number of ether oxygens (including phenoxy) is 1. The van der Waals surface area contributed by atoms with E-state index in [1.165, 1.54) is 19.2 Å². The average molecular weight is 233 g/mol. The molecule has 0 saturated heterocycles. The van der Waals surface area contributed by atoms with Crippen molar-refractivity contribution < 1.29 is 20.0 Å². The van der Waals surface area contributed by atoms with Crippen molar-refractivity contribution >= 4 is 22.7 Å². The van der Waals surface area contributed by atoms with Gasteiger partial charge in [0.15, 0.2) is 12.0 Å². The molecule has 5 nitrogen and oxygen atoms in total. The van der Waals surface area contributed by atoms with Crippen LogP contribution in [0.25, 0.3) is 10.8 Å². The molecule has 17 heavy (non-hydrogen) atoms. The maximum Gasteiger partial charge on any atom is 0.164 e. The lowest BCUT2D eigenvalue weighted by atomic mass is 10.0. The van der Waals surface area contributed by atoms with Crippen molar-refractivity contribution in [1.29, 1.82) is 0 Å². The van der Waals surface area contributed by atoms with Gasteiger partial charge in [0.05, 0.1) is 12.7 Å². The van der Waals surface area contributed by atoms with Gasteiger partial charge in [-0.05, 0) is 22.9 Å². The van der Waals surface area contributed by atoms with E-state index in [4.69, 9.17) is 9.94 Å². The predicted octanol–water partition coefficient (Wildman–Crippen LogP) is 1.06. The molecule has 2 aromatic rings. The molecule has 0 bridgehead atoms. The molecule has 0 heterocycles. The first-order chi connectivity index (χ1) is 8.17. The van der Waals surface area contributed by atoms with E-state index in [1.807, 2.05) is 0 Å². The first-order valence-electron chi connectivity index (χ1n) is 4.96. The van der Waals surface area contributed by atoms with Crippen LogP contribution in [-0.4, -0.2) is 18.6 Å². The average Bonchev–Trinajstić information content (AvgIpc) is 2.36. The summed E-state index contributed by atoms with van der Waals surface area (Å²) in [5.74, 6) is 0.482. The fourth-order valence-corrected chi connectivity index (χ4v) is 1.77. The van der Waals surface area contributed by atoms with E-state index in [9.17, 15) is 10.0 Å². The molecule has 0 aliphatic rings. The van der Waals surface area contributed by atoms with E-state index < -0.39 is 5.23 Å². The highest BCUT2D eigenvalue weighted by atomic mass is 16.8. The molecule has 0 aliphatic carbocycles. The van der Waals surface area contributed by atoms with Gasteiger partial charge in [0.2, 0.25) is 0 Å². The smallest absolute Gasteiger partial charge is 0.164 e. The number of methoxy groups -OCH3 is 1. The van der Waals surface area contributed by atoms with Crippen LogP contribution in [0.4, 0.5) is 5.69 Å². The van der Waals surface area contributed by atoms with Crippen molar-refractivity contribution in [2.75, 3.05) is 7.11 Å². The summed E-state index contributed by atoms with van der Waals surface area (Å²) in [4.78, 5) is 11.0. The van der Waals surface area contributed by atoms with Crippen LogP contribution in [0.2, 0.25) is 0 Å². The van der Waals surface area contributed by atoms with E-state index in [0.29, 0.717) is 28.4 Å². The van der Waals surface area contributed by atoms with Crippen molar-refractivity contribution in [3.63, 3.8) is 0 Å². The fourth-order valence-electron chi connectivity index (χ4n) is 1.77. The summed E-state index contributed by atoms with van der Waals surface area (Å²) in [7, 11) is 1.49. The van der Waals surface area contributed by atoms with Crippen LogP contribution in [0, 0.1) is 5.21 Å². The number of rotatable bonds is 3. The molecule has 0 fully saturated rings. The van der Waals surface area contributed by atoms with E-state index in [2.05, 4.69) is 0 Å². The van der Waals surface area contributed by atoms with E-state index >= 15 is 0 Å². The topological polar surface area (TPSA) is 74.0 Å². The summed E-state index contributed by atoms with van der Waals surface area (Å²) < 4.78 is 5.07. The molecule has 2 rings (SSSR count). The van der Waals surface area contributed by atoms with Gasteiger partial charge in [0.1, 0.15) is 5.75 Å². The molecule has 1 unspecified atom stereocenters. The number of quaternary nitrogens is 1. The van der Waals surface area contributed by atoms with Crippen LogP contribution in [0.1, 0.15) is 10.4 Å². The molecule has 5 heteroatoms. The number of aldehydes is 1. The number of carbonyl (C=O) groups is 1. The molecule has 0 spiro atoms. The lowest BCUT2D eigenvalue weighted by Gasteiger charge is -2.13. The molecule has 0 radical (unpaired) electrons. The Bertz CT molecular complexity index is 566. The lowest BCUT2D eigenvalue weighted by molar-refractivity contribution is -0.991. The van der Waals surface area contributed by atoms with Crippen LogP contribution in [-0.2, 0) is 0 Å². The number of nitrogens with one attached hydrogen (secondary N) is 1. The Kier molecular flexibility index (Phi) is 3.06. The van der Waals surface area contributed by atoms with Crippen molar-refractivity contribution in [2.24, 2.45) is 0 Å². The Hall–Kier alpha value is -1.95. The van der Waals surface area contributed by atoms with E-state index in [-0.39, 0.29) is 5.69 Å². The standard InChI is InChI=1S/C12H11NO4/c1-17-12-5-2-8-6-9(13(15)16)3-4-10(8)11(12)7-14/h2-7,13,15H,1H3. The Labute approximate surface area is 97.4 Å². The van der Waals surface area contributed by atoms with Gasteiger partial charge in [-0.15, -0.1) is 0 Å². The van der Waals surface area contributed by atoms with Gasteiger partial charge in [0.25, 0.3) is 0 Å². The maximum atomic E-state index is 11.0. The summed E-state index contributed by atoms with van der Waals surface area (Å²) >= 11 is 0. The number of carbonyl (C=O) groups excluding carboxylic acids is 1. The zero-order valence-electron chi connectivity index (χ0n) is 9.14. The molecule has 0 amide bonds. The summed E-state index contributed by atoms with van der Waals surface area (Å²) in [6, 6.07) is 8.00. The van der Waals surface area contributed by atoms with Crippen LogP contribution in [0.3, 0.4) is 0 Å². The van der Waals surface area contributed by atoms with Gasteiger partial charge >= 0.3 is 0 Å². The molecule has 0 aromatic heterocycles. The van der Waals surface area contributed by atoms with Crippen molar-refractivity contribution in [3.8, 4) is 5.75 Å². The monoisotopic (exact) mass is 233 g/mol. The predicted molar refractivity (Wildman–Crippen MR) is 61.7 cm³/mol. The Morgan fingerprint density at radius 3 is 2.71 bits per heavy atom. The molecule has 0 aliphatic heterocycles. The molecule has 2 aromatic carbocycles. The second-order valence-corrected chi connectivity index (χ2v) is 3.54. The van der Waals surface area contributed by atoms with Crippen molar-refractivity contribution in [1.82, 2.24) is 0 Å². The first-order valence-corrected chi connectivity index (χ1v) is 4.96. The molecule has 2 N–H and O–H groups in total. The summed E-state index contributed by atoms with van der Waals surface area (Å²) in [5.41, 5.74) is 0.626. The zero-order chi connectivity index (χ0) is 12.4. The van der Waals surface area contributed by atoms with Crippen LogP contribution >= 0.6 is 0 Å². The highest BCUT2D eigenvalue weighted by Crippen LogP contribution is 2.27. The Morgan fingerprint density at radius 1 is 1.35 bits per heavy atom. The highest BCUT2D eigenvalue weighted by molar-refractivity contribution is 6.01. The zero-order valence-corrected chi connectivity index (χ0v) is 9.14. The second-order valence-electron chi connectivity index (χ2n) is 3.54. The minimum Gasteiger partial charge on any atom is -0.595 e. The first kappa shape index (κ1) is 11.5. The van der Waals surface area contributed by atoms with Gasteiger partial charge in [-0.25, -0.2) is 5.21 Å². The fraction of sp³-hybridized carbons (Fsp3) is 0.0833. The number of hydrogen-bond donors (Lipinski definition) is 2. The largest absolute Gasteiger partial charge is 0.595 e. The lowest BCUT2D eigenvalue weighted by Crippen LogP contribution is -2.99. The molecular weight excluding hydrogens is 222 g/mol. The van der Waals surface area contributed by atoms with Gasteiger partial charge in [-0.1, -0.05) is 6.07 Å². The van der Waals surface area contributed by atoms with Crippen LogP contribution < -0.4 is 9.96 Å². The summed E-state index contributed by atoms with van der Waals surface area (Å²) in [6.45, 7) is 0. The Morgan fingerprint density at radius 2 is 2.12 bits per heavy atom. The maximum absolute atomic E-state index is 11.0. The summed E-state index contributed by atoms with van der Waals surface area (Å²) in [6.07, 6.45) is 0.710. The second kappa shape index (κ2) is 4.50.